The number of carbonyl (C=O) groups is 1. The lowest BCUT2D eigenvalue weighted by molar-refractivity contribution is -0.124. The van der Waals surface area contributed by atoms with Gasteiger partial charge in [0.2, 0.25) is 0 Å². The van der Waals surface area contributed by atoms with Gasteiger partial charge in [-0.15, -0.1) is 11.3 Å². The average molecular weight is 327 g/mol. The molecule has 2 heterocycles. The Bertz CT molecular complexity index is 630. The highest BCUT2D eigenvalue weighted by atomic mass is 32.1. The molecule has 1 aromatic heterocycles. The van der Waals surface area contributed by atoms with E-state index < -0.39 is 0 Å². The van der Waals surface area contributed by atoms with Gasteiger partial charge in [-0.2, -0.15) is 0 Å². The number of allylic oxidation sites excluding steroid dienone is 4. The molecule has 0 spiro atoms. The van der Waals surface area contributed by atoms with Crippen molar-refractivity contribution in [1.82, 2.24) is 4.90 Å². The SMILES string of the molecule is CC1CC[C@@H]2C(=CCC3C(=O)CC=CC32)N1CCc1cccs1. The van der Waals surface area contributed by atoms with E-state index in [1.165, 1.54) is 23.4 Å². The molecule has 3 unspecified atom stereocenters. The Balaban J connectivity index is 1.55. The van der Waals surface area contributed by atoms with Gasteiger partial charge in [-0.3, -0.25) is 4.79 Å². The van der Waals surface area contributed by atoms with Gasteiger partial charge in [-0.1, -0.05) is 24.3 Å². The fourth-order valence-corrected chi connectivity index (χ4v) is 5.38. The number of rotatable bonds is 3. The molecule has 0 amide bonds. The molecule has 0 bridgehead atoms. The third-order valence-corrected chi connectivity index (χ3v) is 6.86. The molecule has 2 nitrogen and oxygen atoms in total. The van der Waals surface area contributed by atoms with Crippen molar-refractivity contribution in [2.45, 2.75) is 45.1 Å². The van der Waals surface area contributed by atoms with Crippen LogP contribution in [0.4, 0.5) is 0 Å². The molecule has 1 aliphatic heterocycles. The van der Waals surface area contributed by atoms with Gasteiger partial charge < -0.3 is 4.90 Å². The maximum Gasteiger partial charge on any atom is 0.140 e. The third kappa shape index (κ3) is 2.80. The average Bonchev–Trinajstić information content (AvgIpc) is 3.07. The summed E-state index contributed by atoms with van der Waals surface area (Å²) in [6.45, 7) is 3.47. The highest BCUT2D eigenvalue weighted by molar-refractivity contribution is 7.09. The Morgan fingerprint density at radius 1 is 1.30 bits per heavy atom. The van der Waals surface area contributed by atoms with Gasteiger partial charge in [0.05, 0.1) is 0 Å². The number of fused-ring (bicyclic) bond motifs is 3. The molecule has 0 saturated carbocycles. The number of nitrogens with zero attached hydrogens (tertiary/aromatic N) is 1. The monoisotopic (exact) mass is 327 g/mol. The van der Waals surface area contributed by atoms with Gasteiger partial charge in [0.1, 0.15) is 5.78 Å². The molecular formula is C20H25NOS. The molecule has 0 N–H and O–H groups in total. The summed E-state index contributed by atoms with van der Waals surface area (Å²) in [5.41, 5.74) is 1.53. The number of ketones is 1. The van der Waals surface area contributed by atoms with E-state index in [0.29, 0.717) is 30.1 Å². The normalized spacial score (nSPS) is 33.2. The first-order valence-electron chi connectivity index (χ1n) is 8.92. The van der Waals surface area contributed by atoms with Gasteiger partial charge in [0, 0.05) is 41.4 Å². The maximum absolute atomic E-state index is 12.2. The van der Waals surface area contributed by atoms with Crippen molar-refractivity contribution in [2.24, 2.45) is 17.8 Å². The molecule has 1 saturated heterocycles. The van der Waals surface area contributed by atoms with Crippen molar-refractivity contribution >= 4 is 17.1 Å². The highest BCUT2D eigenvalue weighted by Gasteiger charge is 2.42. The second kappa shape index (κ2) is 6.27. The summed E-state index contributed by atoms with van der Waals surface area (Å²) in [7, 11) is 0. The Morgan fingerprint density at radius 2 is 2.22 bits per heavy atom. The summed E-state index contributed by atoms with van der Waals surface area (Å²) in [5.74, 6) is 1.72. The summed E-state index contributed by atoms with van der Waals surface area (Å²) in [6.07, 6.45) is 12.1. The molecule has 23 heavy (non-hydrogen) atoms. The minimum absolute atomic E-state index is 0.251. The number of hydrogen-bond acceptors (Lipinski definition) is 3. The first-order chi connectivity index (χ1) is 11.2. The van der Waals surface area contributed by atoms with E-state index in [0.717, 1.165) is 19.4 Å². The van der Waals surface area contributed by atoms with Crippen molar-refractivity contribution in [3.05, 3.63) is 46.3 Å². The van der Waals surface area contributed by atoms with Crippen LogP contribution < -0.4 is 0 Å². The van der Waals surface area contributed by atoms with E-state index >= 15 is 0 Å². The van der Waals surface area contributed by atoms with Gasteiger partial charge in [0.25, 0.3) is 0 Å². The number of thiophene rings is 1. The van der Waals surface area contributed by atoms with Crippen LogP contribution in [0, 0.1) is 17.8 Å². The lowest BCUT2D eigenvalue weighted by atomic mass is 9.66. The van der Waals surface area contributed by atoms with Crippen LogP contribution in [-0.2, 0) is 11.2 Å². The zero-order chi connectivity index (χ0) is 15.8. The summed E-state index contributed by atoms with van der Waals surface area (Å²) >= 11 is 1.86. The van der Waals surface area contributed by atoms with E-state index in [9.17, 15) is 4.79 Å². The zero-order valence-corrected chi connectivity index (χ0v) is 14.6. The molecular weight excluding hydrogens is 302 g/mol. The Hall–Kier alpha value is -1.35. The van der Waals surface area contributed by atoms with E-state index in [1.807, 2.05) is 11.3 Å². The van der Waals surface area contributed by atoms with Crippen LogP contribution in [0.2, 0.25) is 0 Å². The largest absolute Gasteiger partial charge is 0.372 e. The third-order valence-electron chi connectivity index (χ3n) is 5.92. The van der Waals surface area contributed by atoms with Crippen molar-refractivity contribution in [3.8, 4) is 0 Å². The van der Waals surface area contributed by atoms with Crippen LogP contribution in [0.1, 0.15) is 37.5 Å². The maximum atomic E-state index is 12.2. The molecule has 1 aromatic rings. The van der Waals surface area contributed by atoms with Gasteiger partial charge in [-0.25, -0.2) is 0 Å². The highest BCUT2D eigenvalue weighted by Crippen LogP contribution is 2.46. The molecule has 4 atom stereocenters. The lowest BCUT2D eigenvalue weighted by Gasteiger charge is -2.48. The van der Waals surface area contributed by atoms with Crippen LogP contribution in [0.25, 0.3) is 0 Å². The fraction of sp³-hybridized carbons (Fsp3) is 0.550. The molecule has 1 fully saturated rings. The standard InChI is InChI=1S/C20H25NOS/c1-14-7-8-17-16-5-2-6-20(22)18(16)9-10-19(17)21(14)12-11-15-4-3-13-23-15/h2-5,10,13-14,16-18H,6-9,11-12H2,1H3/t14?,16?,17-,18?/m0/s1. The molecule has 2 aliphatic carbocycles. The zero-order valence-electron chi connectivity index (χ0n) is 13.8. The molecule has 0 aromatic carbocycles. The van der Waals surface area contributed by atoms with E-state index in [2.05, 4.69) is 47.6 Å². The van der Waals surface area contributed by atoms with Crippen LogP contribution in [0.3, 0.4) is 0 Å². The predicted molar refractivity (Wildman–Crippen MR) is 95.4 cm³/mol. The molecule has 3 aliphatic rings. The minimum atomic E-state index is 0.251. The Morgan fingerprint density at radius 3 is 3.04 bits per heavy atom. The van der Waals surface area contributed by atoms with Crippen molar-refractivity contribution in [3.63, 3.8) is 0 Å². The van der Waals surface area contributed by atoms with Gasteiger partial charge in [-0.05, 0) is 50.0 Å². The Labute approximate surface area is 142 Å². The van der Waals surface area contributed by atoms with Gasteiger partial charge >= 0.3 is 0 Å². The van der Waals surface area contributed by atoms with Crippen molar-refractivity contribution < 1.29 is 4.79 Å². The number of likely N-dealkylation sites (tertiary alicyclic amines) is 1. The van der Waals surface area contributed by atoms with Crippen molar-refractivity contribution in [1.29, 1.82) is 0 Å². The van der Waals surface area contributed by atoms with E-state index in [1.54, 1.807) is 0 Å². The summed E-state index contributed by atoms with van der Waals surface area (Å²) in [5, 5.41) is 2.17. The van der Waals surface area contributed by atoms with Crippen LogP contribution in [-0.4, -0.2) is 23.3 Å². The van der Waals surface area contributed by atoms with Crippen molar-refractivity contribution in [2.75, 3.05) is 6.54 Å². The Kier molecular flexibility index (Phi) is 4.14. The number of piperidine rings is 1. The second-order valence-corrected chi connectivity index (χ2v) is 8.23. The second-order valence-electron chi connectivity index (χ2n) is 7.20. The van der Waals surface area contributed by atoms with Crippen LogP contribution >= 0.6 is 11.3 Å². The number of hydrogen-bond donors (Lipinski definition) is 0. The molecule has 122 valence electrons. The predicted octanol–water partition coefficient (Wildman–Crippen LogP) is 4.44. The fourth-order valence-electron chi connectivity index (χ4n) is 4.68. The number of carbonyl (C=O) groups excluding carboxylic acids is 1. The lowest BCUT2D eigenvalue weighted by Crippen LogP contribution is -2.46. The van der Waals surface area contributed by atoms with Crippen LogP contribution in [0.15, 0.2) is 41.4 Å². The molecule has 0 radical (unpaired) electrons. The number of Topliss-reactive ketones (excluding diaryl/α,β-unsaturated/α-hetero) is 1. The van der Waals surface area contributed by atoms with Crippen LogP contribution in [0.5, 0.6) is 0 Å². The molecule has 3 heteroatoms. The topological polar surface area (TPSA) is 20.3 Å². The first-order valence-corrected chi connectivity index (χ1v) is 9.80. The summed E-state index contributed by atoms with van der Waals surface area (Å²) in [4.78, 5) is 16.3. The smallest absolute Gasteiger partial charge is 0.140 e. The summed E-state index contributed by atoms with van der Waals surface area (Å²) in [6, 6.07) is 5.01. The van der Waals surface area contributed by atoms with E-state index in [-0.39, 0.29) is 5.92 Å². The quantitative estimate of drug-likeness (QED) is 0.765. The molecule has 4 rings (SSSR count). The summed E-state index contributed by atoms with van der Waals surface area (Å²) < 4.78 is 0. The van der Waals surface area contributed by atoms with E-state index in [4.69, 9.17) is 0 Å². The first kappa shape index (κ1) is 15.2. The van der Waals surface area contributed by atoms with Gasteiger partial charge in [0.15, 0.2) is 0 Å². The minimum Gasteiger partial charge on any atom is -0.372 e.